The first kappa shape index (κ1) is 20.5. The summed E-state index contributed by atoms with van der Waals surface area (Å²) in [5.74, 6) is -0.657. The number of fused-ring (bicyclic) bond motifs is 1. The van der Waals surface area contributed by atoms with Gasteiger partial charge in [-0.15, -0.1) is 5.10 Å². The maximum absolute atomic E-state index is 13.4. The normalized spacial score (nSPS) is 11.2. The number of carbonyl (C=O) groups is 1. The molecule has 1 amide bonds. The van der Waals surface area contributed by atoms with Crippen LogP contribution >= 0.6 is 0 Å². The van der Waals surface area contributed by atoms with Crippen LogP contribution in [0.15, 0.2) is 55.1 Å². The number of nitrogens with one attached hydrogen (secondary N) is 1. The number of aromatic nitrogens is 8. The van der Waals surface area contributed by atoms with E-state index < -0.39 is 5.91 Å². The van der Waals surface area contributed by atoms with E-state index in [-0.39, 0.29) is 17.5 Å². The number of rotatable bonds is 6. The molecule has 4 heterocycles. The van der Waals surface area contributed by atoms with E-state index >= 15 is 0 Å². The van der Waals surface area contributed by atoms with Crippen LogP contribution in [-0.4, -0.2) is 45.1 Å². The highest BCUT2D eigenvalue weighted by Crippen LogP contribution is 2.23. The summed E-state index contributed by atoms with van der Waals surface area (Å²) in [5.41, 5.74) is 4.15. The summed E-state index contributed by atoms with van der Waals surface area (Å²) in [5, 5.41) is 15.7. The molecule has 0 bridgehead atoms. The average Bonchev–Trinajstić information content (AvgIpc) is 3.52. The van der Waals surface area contributed by atoms with Crippen molar-refractivity contribution in [3.8, 4) is 11.3 Å². The monoisotopic (exact) mass is 445 g/mol. The second-order valence-electron chi connectivity index (χ2n) is 7.44. The zero-order valence-corrected chi connectivity index (χ0v) is 18.0. The average molecular weight is 445 g/mol. The Kier molecular flexibility index (Phi) is 5.13. The number of halogens is 1. The molecule has 11 heteroatoms. The van der Waals surface area contributed by atoms with Gasteiger partial charge < -0.3 is 0 Å². The van der Waals surface area contributed by atoms with Crippen LogP contribution < -0.4 is 5.32 Å². The van der Waals surface area contributed by atoms with Crippen molar-refractivity contribution in [3.05, 3.63) is 77.9 Å². The van der Waals surface area contributed by atoms with Gasteiger partial charge in [-0.2, -0.15) is 10.2 Å². The molecule has 0 radical (unpaired) electrons. The number of nitrogens with zero attached hydrogens (tertiary/aromatic N) is 8. The van der Waals surface area contributed by atoms with Gasteiger partial charge >= 0.3 is 0 Å². The minimum Gasteiger partial charge on any atom is -0.288 e. The largest absolute Gasteiger partial charge is 0.288 e. The van der Waals surface area contributed by atoms with E-state index in [4.69, 9.17) is 0 Å². The van der Waals surface area contributed by atoms with Gasteiger partial charge in [-0.05, 0) is 37.6 Å². The Bertz CT molecular complexity index is 1470. The first-order valence-electron chi connectivity index (χ1n) is 10.3. The molecule has 0 aliphatic heterocycles. The molecule has 1 N–H and O–H groups in total. The van der Waals surface area contributed by atoms with Crippen molar-refractivity contribution in [3.63, 3.8) is 0 Å². The fourth-order valence-corrected chi connectivity index (χ4v) is 3.64. The van der Waals surface area contributed by atoms with Crippen LogP contribution in [0.3, 0.4) is 0 Å². The lowest BCUT2D eigenvalue weighted by atomic mass is 10.2. The molecule has 5 rings (SSSR count). The quantitative estimate of drug-likeness (QED) is 0.431. The second kappa shape index (κ2) is 8.26. The fraction of sp³-hybridized carbons (Fsp3) is 0.182. The molecule has 0 aliphatic carbocycles. The minimum absolute atomic E-state index is 0.127. The Labute approximate surface area is 187 Å². The first-order valence-corrected chi connectivity index (χ1v) is 10.3. The number of amides is 1. The number of hydrogen-bond acceptors (Lipinski definition) is 6. The molecule has 4 aromatic heterocycles. The zero-order chi connectivity index (χ0) is 22.9. The molecular formula is C22H20FN9O. The molecule has 5 aromatic rings. The molecule has 33 heavy (non-hydrogen) atoms. The van der Waals surface area contributed by atoms with Crippen LogP contribution in [0.5, 0.6) is 0 Å². The first-order chi connectivity index (χ1) is 16.0. The van der Waals surface area contributed by atoms with Gasteiger partial charge in [0.2, 0.25) is 5.95 Å². The van der Waals surface area contributed by atoms with Gasteiger partial charge in [0.05, 0.1) is 18.4 Å². The number of carbonyl (C=O) groups excluding carboxylic acids is 1. The van der Waals surface area contributed by atoms with Crippen molar-refractivity contribution < 1.29 is 9.18 Å². The molecule has 166 valence electrons. The van der Waals surface area contributed by atoms with Crippen LogP contribution in [0, 0.1) is 12.7 Å². The van der Waals surface area contributed by atoms with Crippen molar-refractivity contribution in [1.29, 1.82) is 0 Å². The molecule has 10 nitrogen and oxygen atoms in total. The summed E-state index contributed by atoms with van der Waals surface area (Å²) in [7, 11) is 0. The van der Waals surface area contributed by atoms with Crippen LogP contribution in [0.4, 0.5) is 10.3 Å². The van der Waals surface area contributed by atoms with Gasteiger partial charge in [0.25, 0.3) is 5.91 Å². The van der Waals surface area contributed by atoms with E-state index in [1.807, 2.05) is 24.6 Å². The van der Waals surface area contributed by atoms with Crippen molar-refractivity contribution in [2.24, 2.45) is 0 Å². The number of aryl methyl sites for hydroxylation is 1. The SMILES string of the molecule is CCn1ncc(-c2ccnc3cc(C(=O)Nc4ncn(Cc5cccc(F)c5)n4)nn23)c1C. The lowest BCUT2D eigenvalue weighted by Gasteiger charge is -2.04. The molecule has 0 saturated carbocycles. The summed E-state index contributed by atoms with van der Waals surface area (Å²) >= 11 is 0. The Hall–Kier alpha value is -4.41. The second-order valence-corrected chi connectivity index (χ2v) is 7.44. The van der Waals surface area contributed by atoms with E-state index in [9.17, 15) is 9.18 Å². The van der Waals surface area contributed by atoms with Crippen molar-refractivity contribution in [2.45, 2.75) is 26.9 Å². The smallest absolute Gasteiger partial charge is 0.278 e. The molecule has 0 saturated heterocycles. The number of anilines is 1. The number of benzene rings is 1. The highest BCUT2D eigenvalue weighted by molar-refractivity contribution is 6.02. The van der Waals surface area contributed by atoms with Gasteiger partial charge in [-0.1, -0.05) is 12.1 Å². The molecule has 0 unspecified atom stereocenters. The van der Waals surface area contributed by atoms with Gasteiger partial charge in [-0.3, -0.25) is 14.8 Å². The van der Waals surface area contributed by atoms with Crippen LogP contribution in [0.2, 0.25) is 0 Å². The maximum Gasteiger partial charge on any atom is 0.278 e. The Balaban J connectivity index is 1.37. The molecule has 0 aliphatic rings. The van der Waals surface area contributed by atoms with Crippen molar-refractivity contribution >= 4 is 17.5 Å². The maximum atomic E-state index is 13.4. The van der Waals surface area contributed by atoms with Gasteiger partial charge in [0.15, 0.2) is 11.3 Å². The fourth-order valence-electron chi connectivity index (χ4n) is 3.64. The van der Waals surface area contributed by atoms with Gasteiger partial charge in [0, 0.05) is 30.1 Å². The predicted octanol–water partition coefficient (Wildman–Crippen LogP) is 2.95. The molecule has 1 aromatic carbocycles. The van der Waals surface area contributed by atoms with E-state index in [1.165, 1.54) is 23.1 Å². The van der Waals surface area contributed by atoms with Crippen LogP contribution in [0.25, 0.3) is 16.9 Å². The predicted molar refractivity (Wildman–Crippen MR) is 118 cm³/mol. The summed E-state index contributed by atoms with van der Waals surface area (Å²) in [6, 6.07) is 9.65. The Morgan fingerprint density at radius 3 is 2.82 bits per heavy atom. The van der Waals surface area contributed by atoms with Crippen LogP contribution in [0.1, 0.15) is 28.7 Å². The summed E-state index contributed by atoms with van der Waals surface area (Å²) < 4.78 is 18.4. The van der Waals surface area contributed by atoms with Crippen molar-refractivity contribution in [1.82, 2.24) is 39.1 Å². The minimum atomic E-state index is -0.462. The third-order valence-corrected chi connectivity index (χ3v) is 5.26. The van der Waals surface area contributed by atoms with Gasteiger partial charge in [-0.25, -0.2) is 23.6 Å². The summed E-state index contributed by atoms with van der Waals surface area (Å²) in [6.07, 6.45) is 4.93. The molecule has 0 atom stereocenters. The van der Waals surface area contributed by atoms with E-state index in [0.717, 1.165) is 29.1 Å². The summed E-state index contributed by atoms with van der Waals surface area (Å²) in [4.78, 5) is 21.2. The van der Waals surface area contributed by atoms with E-state index in [2.05, 4.69) is 30.6 Å². The Morgan fingerprint density at radius 1 is 1.15 bits per heavy atom. The lowest BCUT2D eigenvalue weighted by Crippen LogP contribution is -2.14. The lowest BCUT2D eigenvalue weighted by molar-refractivity contribution is 0.102. The number of hydrogen-bond donors (Lipinski definition) is 1. The van der Waals surface area contributed by atoms with Crippen molar-refractivity contribution in [2.75, 3.05) is 5.32 Å². The third-order valence-electron chi connectivity index (χ3n) is 5.26. The summed E-state index contributed by atoms with van der Waals surface area (Å²) in [6.45, 7) is 5.09. The van der Waals surface area contributed by atoms with Crippen LogP contribution in [-0.2, 0) is 13.1 Å². The highest BCUT2D eigenvalue weighted by atomic mass is 19.1. The topological polar surface area (TPSA) is 108 Å². The zero-order valence-electron chi connectivity index (χ0n) is 18.0. The molecular weight excluding hydrogens is 425 g/mol. The highest BCUT2D eigenvalue weighted by Gasteiger charge is 2.18. The van der Waals surface area contributed by atoms with E-state index in [1.54, 1.807) is 35.1 Å². The third kappa shape index (κ3) is 3.95. The molecule has 0 spiro atoms. The Morgan fingerprint density at radius 2 is 2.03 bits per heavy atom. The van der Waals surface area contributed by atoms with E-state index in [0.29, 0.717) is 12.2 Å². The van der Waals surface area contributed by atoms with Gasteiger partial charge in [0.1, 0.15) is 12.1 Å². The molecule has 0 fully saturated rings. The standard InChI is InChI=1S/C22H20FN9O/c1-3-31-14(2)17(11-26-31)19-7-8-24-20-10-18(28-32(19)20)21(33)27-22-25-13-30(29-22)12-15-5-4-6-16(23)9-15/h4-11,13H,3,12H2,1-2H3,(H,27,29,33).